The average molecular weight is 272 g/mol. The van der Waals surface area contributed by atoms with Gasteiger partial charge in [-0.3, -0.25) is 0 Å². The molecule has 0 aliphatic heterocycles. The molecular formula is C17H24N2O. The van der Waals surface area contributed by atoms with Crippen LogP contribution in [0.3, 0.4) is 0 Å². The van der Waals surface area contributed by atoms with E-state index < -0.39 is 11.0 Å². The van der Waals surface area contributed by atoms with Crippen molar-refractivity contribution in [2.24, 2.45) is 16.2 Å². The average Bonchev–Trinajstić information content (AvgIpc) is 2.35. The van der Waals surface area contributed by atoms with Crippen LogP contribution in [0.1, 0.15) is 41.5 Å². The Morgan fingerprint density at radius 2 is 1.55 bits per heavy atom. The number of ether oxygens (including phenoxy) is 1. The molecule has 0 heterocycles. The zero-order valence-electron chi connectivity index (χ0n) is 13.5. The number of nitrogens with zero attached hydrogens (tertiary/aromatic N) is 2. The molecule has 0 N–H and O–H groups in total. The predicted octanol–water partition coefficient (Wildman–Crippen LogP) is 3.99. The maximum absolute atomic E-state index is 9.71. The molecule has 0 radical (unpaired) electrons. The summed E-state index contributed by atoms with van der Waals surface area (Å²) < 4.78 is 5.49. The first-order chi connectivity index (χ1) is 8.98. The molecule has 0 spiro atoms. The summed E-state index contributed by atoms with van der Waals surface area (Å²) in [6.45, 7) is 12.2. The predicted molar refractivity (Wildman–Crippen MR) is 79.5 cm³/mol. The fraction of sp³-hybridized carbons (Fsp3) is 0.647. The summed E-state index contributed by atoms with van der Waals surface area (Å²) in [5, 5.41) is 19.3. The molecule has 1 aliphatic rings. The molecule has 20 heavy (non-hydrogen) atoms. The summed E-state index contributed by atoms with van der Waals surface area (Å²) >= 11 is 0. The molecule has 0 aromatic heterocycles. The number of rotatable bonds is 1. The zero-order valence-corrected chi connectivity index (χ0v) is 13.5. The summed E-state index contributed by atoms with van der Waals surface area (Å²) in [5.74, 6) is 0. The maximum atomic E-state index is 9.71. The Bertz CT molecular complexity index is 531. The monoisotopic (exact) mass is 272 g/mol. The van der Waals surface area contributed by atoms with Crippen molar-refractivity contribution in [3.05, 3.63) is 23.8 Å². The highest BCUT2D eigenvalue weighted by atomic mass is 16.5. The van der Waals surface area contributed by atoms with Crippen molar-refractivity contribution in [3.8, 4) is 12.1 Å². The third-order valence-electron chi connectivity index (χ3n) is 4.08. The lowest BCUT2D eigenvalue weighted by atomic mass is 9.60. The van der Waals surface area contributed by atoms with Crippen LogP contribution in [0.15, 0.2) is 23.8 Å². The third kappa shape index (κ3) is 2.39. The highest BCUT2D eigenvalue weighted by Gasteiger charge is 2.48. The molecule has 3 nitrogen and oxygen atoms in total. The second-order valence-corrected chi connectivity index (χ2v) is 7.42. The maximum Gasteiger partial charge on any atom is 0.194 e. The van der Waals surface area contributed by atoms with Gasteiger partial charge in [0.15, 0.2) is 5.60 Å². The number of hydrogen-bond donors (Lipinski definition) is 0. The lowest BCUT2D eigenvalue weighted by Crippen LogP contribution is -2.43. The number of methoxy groups -OCH3 is 1. The SMILES string of the molecule is CO[C@@]1(C#N)C=C[C@](C#N)(C(C)(C)C)C=C1C(C)(C)C. The van der Waals surface area contributed by atoms with Crippen LogP contribution in [-0.2, 0) is 4.74 Å². The molecule has 0 unspecified atom stereocenters. The van der Waals surface area contributed by atoms with Gasteiger partial charge in [0.2, 0.25) is 0 Å². The van der Waals surface area contributed by atoms with E-state index in [1.165, 1.54) is 7.11 Å². The van der Waals surface area contributed by atoms with Gasteiger partial charge in [-0.2, -0.15) is 10.5 Å². The molecular weight excluding hydrogens is 248 g/mol. The highest BCUT2D eigenvalue weighted by Crippen LogP contribution is 2.50. The van der Waals surface area contributed by atoms with Gasteiger partial charge in [-0.15, -0.1) is 0 Å². The van der Waals surface area contributed by atoms with E-state index >= 15 is 0 Å². The van der Waals surface area contributed by atoms with E-state index in [-0.39, 0.29) is 10.8 Å². The van der Waals surface area contributed by atoms with Gasteiger partial charge < -0.3 is 4.74 Å². The zero-order chi connectivity index (χ0) is 15.8. The molecule has 0 fully saturated rings. The first-order valence-corrected chi connectivity index (χ1v) is 6.80. The van der Waals surface area contributed by atoms with Crippen LogP contribution >= 0.6 is 0 Å². The van der Waals surface area contributed by atoms with Crippen molar-refractivity contribution in [1.82, 2.24) is 0 Å². The van der Waals surface area contributed by atoms with Gasteiger partial charge in [-0.1, -0.05) is 53.7 Å². The van der Waals surface area contributed by atoms with Crippen molar-refractivity contribution in [3.63, 3.8) is 0 Å². The normalized spacial score (nSPS) is 30.4. The molecule has 0 aromatic rings. The van der Waals surface area contributed by atoms with E-state index in [1.807, 2.05) is 53.7 Å². The molecule has 0 aromatic carbocycles. The Hall–Kier alpha value is -1.58. The number of nitriles is 2. The smallest absolute Gasteiger partial charge is 0.194 e. The molecule has 0 saturated heterocycles. The Balaban J connectivity index is 3.63. The molecule has 1 aliphatic carbocycles. The van der Waals surface area contributed by atoms with E-state index in [1.54, 1.807) is 6.08 Å². The van der Waals surface area contributed by atoms with Crippen molar-refractivity contribution >= 4 is 0 Å². The summed E-state index contributed by atoms with van der Waals surface area (Å²) in [5.41, 5.74) is -1.49. The molecule has 3 heteroatoms. The van der Waals surface area contributed by atoms with Gasteiger partial charge in [0, 0.05) is 7.11 Å². The van der Waals surface area contributed by atoms with Crippen molar-refractivity contribution < 1.29 is 4.74 Å². The van der Waals surface area contributed by atoms with Gasteiger partial charge in [-0.05, 0) is 22.5 Å². The van der Waals surface area contributed by atoms with Crippen LogP contribution in [0, 0.1) is 38.9 Å². The number of allylic oxidation sites excluding steroid dienone is 2. The van der Waals surface area contributed by atoms with E-state index in [0.717, 1.165) is 5.57 Å². The standard InChI is InChI=1S/C17H24N2O/c1-14(2,3)13-10-16(11-18,15(4,5)6)8-9-17(13,12-19)20-7/h8-10H,1-7H3/t16-,17+/m0/s1. The second-order valence-electron chi connectivity index (χ2n) is 7.42. The van der Waals surface area contributed by atoms with E-state index in [0.29, 0.717) is 0 Å². The molecule has 108 valence electrons. The van der Waals surface area contributed by atoms with Crippen LogP contribution in [0.25, 0.3) is 0 Å². The third-order valence-corrected chi connectivity index (χ3v) is 4.08. The van der Waals surface area contributed by atoms with Crippen LogP contribution in [0.5, 0.6) is 0 Å². The van der Waals surface area contributed by atoms with Gasteiger partial charge in [0.25, 0.3) is 0 Å². The Morgan fingerprint density at radius 1 is 1.00 bits per heavy atom. The molecule has 0 bridgehead atoms. The lowest BCUT2D eigenvalue weighted by molar-refractivity contribution is 0.0867. The fourth-order valence-electron chi connectivity index (χ4n) is 2.52. The summed E-state index contributed by atoms with van der Waals surface area (Å²) in [6, 6.07) is 4.67. The van der Waals surface area contributed by atoms with Crippen LogP contribution in [0.4, 0.5) is 0 Å². The topological polar surface area (TPSA) is 56.8 Å². The Morgan fingerprint density at radius 3 is 1.85 bits per heavy atom. The van der Waals surface area contributed by atoms with Crippen LogP contribution in [-0.4, -0.2) is 12.7 Å². The molecule has 0 saturated carbocycles. The Kier molecular flexibility index (Phi) is 3.92. The van der Waals surface area contributed by atoms with Gasteiger partial charge >= 0.3 is 0 Å². The summed E-state index contributed by atoms with van der Waals surface area (Å²) in [6.07, 6.45) is 5.48. The molecule has 2 atom stereocenters. The summed E-state index contributed by atoms with van der Waals surface area (Å²) in [4.78, 5) is 0. The minimum Gasteiger partial charge on any atom is -0.356 e. The minimum absolute atomic E-state index is 0.260. The first kappa shape index (κ1) is 16.5. The second kappa shape index (κ2) is 4.76. The fourth-order valence-corrected chi connectivity index (χ4v) is 2.52. The highest BCUT2D eigenvalue weighted by molar-refractivity contribution is 5.48. The van der Waals surface area contributed by atoms with Gasteiger partial charge in [0.05, 0.1) is 11.5 Å². The molecule has 0 amide bonds. The van der Waals surface area contributed by atoms with E-state index in [2.05, 4.69) is 12.1 Å². The first-order valence-electron chi connectivity index (χ1n) is 6.80. The van der Waals surface area contributed by atoms with Gasteiger partial charge in [-0.25, -0.2) is 0 Å². The number of hydrogen-bond acceptors (Lipinski definition) is 3. The van der Waals surface area contributed by atoms with Crippen LogP contribution in [0.2, 0.25) is 0 Å². The van der Waals surface area contributed by atoms with Crippen molar-refractivity contribution in [2.75, 3.05) is 7.11 Å². The van der Waals surface area contributed by atoms with Crippen molar-refractivity contribution in [1.29, 1.82) is 10.5 Å². The quantitative estimate of drug-likeness (QED) is 0.678. The van der Waals surface area contributed by atoms with E-state index in [9.17, 15) is 10.5 Å². The Labute approximate surface area is 122 Å². The van der Waals surface area contributed by atoms with E-state index in [4.69, 9.17) is 4.74 Å². The van der Waals surface area contributed by atoms with Crippen molar-refractivity contribution in [2.45, 2.75) is 47.1 Å². The lowest BCUT2D eigenvalue weighted by Gasteiger charge is -2.43. The summed E-state index contributed by atoms with van der Waals surface area (Å²) in [7, 11) is 1.53. The minimum atomic E-state index is -1.08. The largest absolute Gasteiger partial charge is 0.356 e. The van der Waals surface area contributed by atoms with Gasteiger partial charge in [0.1, 0.15) is 6.07 Å². The van der Waals surface area contributed by atoms with Crippen LogP contribution < -0.4 is 0 Å². The molecule has 1 rings (SSSR count).